The summed E-state index contributed by atoms with van der Waals surface area (Å²) in [6.45, 7) is 3.84. The standard InChI is InChI=1S/C26H35N3O4S/c1-33-23-11-9-22(10-12-23)25(28-16-2-3-17-28)20-27-26(30)15-8-21-6-13-24(14-7-21)34(31,32)29-18-4-5-19-29/h6-7,9-14,25H,2-5,8,15-20H2,1H3,(H,27,30)/t25-/m0/s1. The second-order valence-corrected chi connectivity index (χ2v) is 11.0. The molecule has 0 aliphatic carbocycles. The Morgan fingerprint density at radius 3 is 2.18 bits per heavy atom. The lowest BCUT2D eigenvalue weighted by Crippen LogP contribution is -2.36. The molecule has 34 heavy (non-hydrogen) atoms. The van der Waals surface area contributed by atoms with Crippen molar-refractivity contribution < 1.29 is 17.9 Å². The van der Waals surface area contributed by atoms with Crippen molar-refractivity contribution in [2.75, 3.05) is 39.8 Å². The van der Waals surface area contributed by atoms with E-state index < -0.39 is 10.0 Å². The van der Waals surface area contributed by atoms with Gasteiger partial charge in [0, 0.05) is 26.1 Å². The Morgan fingerprint density at radius 1 is 0.941 bits per heavy atom. The van der Waals surface area contributed by atoms with Crippen LogP contribution in [0.4, 0.5) is 0 Å². The molecular weight excluding hydrogens is 450 g/mol. The zero-order chi connectivity index (χ0) is 24.0. The fourth-order valence-electron chi connectivity index (χ4n) is 4.80. The average molecular weight is 486 g/mol. The van der Waals surface area contributed by atoms with Crippen molar-refractivity contribution in [1.82, 2.24) is 14.5 Å². The maximum Gasteiger partial charge on any atom is 0.243 e. The van der Waals surface area contributed by atoms with Crippen LogP contribution < -0.4 is 10.1 Å². The molecule has 1 N–H and O–H groups in total. The maximum absolute atomic E-state index is 12.7. The number of nitrogens with zero attached hydrogens (tertiary/aromatic N) is 2. The Bertz CT molecular complexity index is 1040. The van der Waals surface area contributed by atoms with Gasteiger partial charge in [-0.1, -0.05) is 24.3 Å². The molecule has 2 fully saturated rings. The molecule has 0 bridgehead atoms. The molecule has 8 heteroatoms. The third kappa shape index (κ3) is 5.98. The molecule has 0 radical (unpaired) electrons. The highest BCUT2D eigenvalue weighted by Crippen LogP contribution is 2.26. The van der Waals surface area contributed by atoms with Crippen molar-refractivity contribution >= 4 is 15.9 Å². The largest absolute Gasteiger partial charge is 0.497 e. The average Bonchev–Trinajstić information content (AvgIpc) is 3.59. The number of carbonyl (C=O) groups excluding carboxylic acids is 1. The predicted octanol–water partition coefficient (Wildman–Crippen LogP) is 3.37. The molecule has 2 aliphatic rings. The number of methoxy groups -OCH3 is 1. The third-order valence-electron chi connectivity index (χ3n) is 6.84. The molecule has 1 atom stereocenters. The summed E-state index contributed by atoms with van der Waals surface area (Å²) in [5.41, 5.74) is 2.14. The van der Waals surface area contributed by atoms with Gasteiger partial charge in [0.15, 0.2) is 0 Å². The van der Waals surface area contributed by atoms with Gasteiger partial charge in [0.05, 0.1) is 18.0 Å². The molecular formula is C26H35N3O4S. The molecule has 2 aromatic carbocycles. The van der Waals surface area contributed by atoms with Crippen LogP contribution in [0.3, 0.4) is 0 Å². The molecule has 0 aromatic heterocycles. The number of ether oxygens (including phenoxy) is 1. The van der Waals surface area contributed by atoms with Crippen LogP contribution in [-0.4, -0.2) is 63.4 Å². The summed E-state index contributed by atoms with van der Waals surface area (Å²) in [6.07, 6.45) is 5.15. The summed E-state index contributed by atoms with van der Waals surface area (Å²) in [5.74, 6) is 0.832. The SMILES string of the molecule is COc1ccc([C@H](CNC(=O)CCc2ccc(S(=O)(=O)N3CCCC3)cc2)N2CCCC2)cc1. The number of likely N-dealkylation sites (tertiary alicyclic amines) is 1. The number of hydrogen-bond acceptors (Lipinski definition) is 5. The first kappa shape index (κ1) is 24.7. The van der Waals surface area contributed by atoms with E-state index in [1.54, 1.807) is 23.5 Å². The van der Waals surface area contributed by atoms with E-state index in [9.17, 15) is 13.2 Å². The van der Waals surface area contributed by atoms with Gasteiger partial charge < -0.3 is 10.1 Å². The lowest BCUT2D eigenvalue weighted by Gasteiger charge is -2.28. The zero-order valence-electron chi connectivity index (χ0n) is 19.9. The Kier molecular flexibility index (Phi) is 8.24. The molecule has 184 valence electrons. The minimum Gasteiger partial charge on any atom is -0.497 e. The number of carbonyl (C=O) groups is 1. The molecule has 2 aromatic rings. The van der Waals surface area contributed by atoms with Crippen LogP contribution in [0.25, 0.3) is 0 Å². The summed E-state index contributed by atoms with van der Waals surface area (Å²) in [7, 11) is -1.74. The van der Waals surface area contributed by atoms with Crippen LogP contribution in [-0.2, 0) is 21.2 Å². The van der Waals surface area contributed by atoms with Crippen molar-refractivity contribution in [1.29, 1.82) is 0 Å². The quantitative estimate of drug-likeness (QED) is 0.558. The Hall–Kier alpha value is -2.42. The zero-order valence-corrected chi connectivity index (χ0v) is 20.7. The van der Waals surface area contributed by atoms with Gasteiger partial charge in [-0.25, -0.2) is 8.42 Å². The van der Waals surface area contributed by atoms with Crippen LogP contribution in [0.2, 0.25) is 0 Å². The summed E-state index contributed by atoms with van der Waals surface area (Å²) in [6, 6.07) is 15.2. The van der Waals surface area contributed by atoms with Gasteiger partial charge >= 0.3 is 0 Å². The number of rotatable bonds is 10. The van der Waals surface area contributed by atoms with Crippen molar-refractivity contribution in [2.45, 2.75) is 49.5 Å². The first-order chi connectivity index (χ1) is 16.5. The predicted molar refractivity (Wildman–Crippen MR) is 132 cm³/mol. The fourth-order valence-corrected chi connectivity index (χ4v) is 6.32. The lowest BCUT2D eigenvalue weighted by atomic mass is 10.0. The first-order valence-corrected chi connectivity index (χ1v) is 13.7. The van der Waals surface area contributed by atoms with Crippen LogP contribution in [0.15, 0.2) is 53.4 Å². The normalized spacial score (nSPS) is 18.1. The van der Waals surface area contributed by atoms with E-state index in [-0.39, 0.29) is 11.9 Å². The monoisotopic (exact) mass is 485 g/mol. The summed E-state index contributed by atoms with van der Waals surface area (Å²) >= 11 is 0. The number of aryl methyl sites for hydroxylation is 1. The van der Waals surface area contributed by atoms with Gasteiger partial charge in [0.25, 0.3) is 0 Å². The smallest absolute Gasteiger partial charge is 0.243 e. The molecule has 2 heterocycles. The summed E-state index contributed by atoms with van der Waals surface area (Å²) in [4.78, 5) is 15.4. The number of amides is 1. The van der Waals surface area contributed by atoms with Gasteiger partial charge in [0.2, 0.25) is 15.9 Å². The Labute approximate surface area is 203 Å². The van der Waals surface area contributed by atoms with Crippen LogP contribution in [0.5, 0.6) is 5.75 Å². The molecule has 1 amide bonds. The van der Waals surface area contributed by atoms with Crippen LogP contribution >= 0.6 is 0 Å². The number of sulfonamides is 1. The molecule has 4 rings (SSSR count). The number of benzene rings is 2. The van der Waals surface area contributed by atoms with E-state index in [1.807, 2.05) is 24.3 Å². The molecule has 0 unspecified atom stereocenters. The Morgan fingerprint density at radius 2 is 1.56 bits per heavy atom. The molecule has 2 saturated heterocycles. The van der Waals surface area contributed by atoms with Gasteiger partial charge in [0.1, 0.15) is 5.75 Å². The number of hydrogen-bond donors (Lipinski definition) is 1. The maximum atomic E-state index is 12.7. The first-order valence-electron chi connectivity index (χ1n) is 12.2. The van der Waals surface area contributed by atoms with Crippen molar-refractivity contribution in [2.24, 2.45) is 0 Å². The van der Waals surface area contributed by atoms with Gasteiger partial charge in [-0.05, 0) is 80.6 Å². The second-order valence-electron chi connectivity index (χ2n) is 9.09. The number of nitrogens with one attached hydrogen (secondary N) is 1. The third-order valence-corrected chi connectivity index (χ3v) is 8.75. The van der Waals surface area contributed by atoms with Crippen LogP contribution in [0, 0.1) is 0 Å². The summed E-state index contributed by atoms with van der Waals surface area (Å²) in [5, 5.41) is 3.12. The molecule has 2 aliphatic heterocycles. The molecule has 7 nitrogen and oxygen atoms in total. The minimum atomic E-state index is -3.40. The highest BCUT2D eigenvalue weighted by molar-refractivity contribution is 7.89. The summed E-state index contributed by atoms with van der Waals surface area (Å²) < 4.78 is 32.2. The minimum absolute atomic E-state index is 0.00599. The molecule has 0 saturated carbocycles. The van der Waals surface area contributed by atoms with E-state index in [2.05, 4.69) is 22.3 Å². The molecule has 0 spiro atoms. The van der Waals surface area contributed by atoms with Gasteiger partial charge in [-0.3, -0.25) is 9.69 Å². The van der Waals surface area contributed by atoms with Crippen molar-refractivity contribution in [3.05, 3.63) is 59.7 Å². The van der Waals surface area contributed by atoms with E-state index in [0.717, 1.165) is 37.2 Å². The highest BCUT2D eigenvalue weighted by atomic mass is 32.2. The van der Waals surface area contributed by atoms with Crippen molar-refractivity contribution in [3.63, 3.8) is 0 Å². The highest BCUT2D eigenvalue weighted by Gasteiger charge is 2.27. The lowest BCUT2D eigenvalue weighted by molar-refractivity contribution is -0.121. The fraction of sp³-hybridized carbons (Fsp3) is 0.500. The second kappa shape index (κ2) is 11.3. The van der Waals surface area contributed by atoms with E-state index in [1.165, 1.54) is 18.4 Å². The topological polar surface area (TPSA) is 78.9 Å². The van der Waals surface area contributed by atoms with Crippen molar-refractivity contribution in [3.8, 4) is 5.75 Å². The van der Waals surface area contributed by atoms with E-state index in [4.69, 9.17) is 4.74 Å². The van der Waals surface area contributed by atoms with Gasteiger partial charge in [-0.2, -0.15) is 4.31 Å². The van der Waals surface area contributed by atoms with E-state index in [0.29, 0.717) is 37.4 Å². The van der Waals surface area contributed by atoms with Crippen LogP contribution in [0.1, 0.15) is 49.3 Å². The van der Waals surface area contributed by atoms with Gasteiger partial charge in [-0.15, -0.1) is 0 Å². The van der Waals surface area contributed by atoms with E-state index >= 15 is 0 Å². The Balaban J connectivity index is 1.30.